The number of ether oxygens (including phenoxy) is 2. The predicted molar refractivity (Wildman–Crippen MR) is 134 cm³/mol. The lowest BCUT2D eigenvalue weighted by molar-refractivity contribution is 0.231. The van der Waals surface area contributed by atoms with Gasteiger partial charge < -0.3 is 9.47 Å². The molecule has 0 saturated carbocycles. The average Bonchev–Trinajstić information content (AvgIpc) is 2.90. The first-order chi connectivity index (χ1) is 17.8. The SMILES string of the molecule is CCCCOc1ccc(-c2ccc(OCC3CC=C(c4ccc(C)c(F)c4F)CC3)c(F)c2)c(F)c1F. The molecule has 196 valence electrons. The van der Waals surface area contributed by atoms with Gasteiger partial charge in [-0.2, -0.15) is 4.39 Å². The molecule has 1 aliphatic rings. The van der Waals surface area contributed by atoms with Gasteiger partial charge in [0.2, 0.25) is 5.82 Å². The summed E-state index contributed by atoms with van der Waals surface area (Å²) in [5, 5.41) is 0. The van der Waals surface area contributed by atoms with Gasteiger partial charge in [0.05, 0.1) is 13.2 Å². The Hall–Kier alpha value is -3.35. The fourth-order valence-corrected chi connectivity index (χ4v) is 4.36. The molecule has 2 nitrogen and oxygen atoms in total. The monoisotopic (exact) mass is 516 g/mol. The summed E-state index contributed by atoms with van der Waals surface area (Å²) in [5.74, 6) is -4.65. The average molecular weight is 517 g/mol. The van der Waals surface area contributed by atoms with E-state index in [9.17, 15) is 22.0 Å². The fourth-order valence-electron chi connectivity index (χ4n) is 4.36. The van der Waals surface area contributed by atoms with Crippen molar-refractivity contribution in [2.24, 2.45) is 5.92 Å². The van der Waals surface area contributed by atoms with Gasteiger partial charge in [-0.05, 0) is 79.5 Å². The van der Waals surface area contributed by atoms with E-state index < -0.39 is 29.1 Å². The molecule has 0 N–H and O–H groups in total. The van der Waals surface area contributed by atoms with E-state index in [4.69, 9.17) is 9.47 Å². The van der Waals surface area contributed by atoms with E-state index in [2.05, 4.69) is 0 Å². The van der Waals surface area contributed by atoms with Crippen LogP contribution in [0.2, 0.25) is 0 Å². The lowest BCUT2D eigenvalue weighted by Crippen LogP contribution is -2.15. The summed E-state index contributed by atoms with van der Waals surface area (Å²) in [4.78, 5) is 0. The molecule has 3 aromatic rings. The summed E-state index contributed by atoms with van der Waals surface area (Å²) in [5.41, 5.74) is 1.39. The van der Waals surface area contributed by atoms with Crippen LogP contribution in [0.1, 0.15) is 50.2 Å². The number of aryl methyl sites for hydroxylation is 1. The molecule has 0 heterocycles. The number of hydrogen-bond acceptors (Lipinski definition) is 2. The number of rotatable bonds is 9. The minimum Gasteiger partial charge on any atom is -0.490 e. The van der Waals surface area contributed by atoms with Crippen LogP contribution in [-0.2, 0) is 0 Å². The Labute approximate surface area is 213 Å². The molecule has 7 heteroatoms. The highest BCUT2D eigenvalue weighted by Gasteiger charge is 2.21. The molecule has 0 spiro atoms. The summed E-state index contributed by atoms with van der Waals surface area (Å²) in [6, 6.07) is 9.83. The van der Waals surface area contributed by atoms with Crippen molar-refractivity contribution < 1.29 is 31.4 Å². The first-order valence-corrected chi connectivity index (χ1v) is 12.5. The van der Waals surface area contributed by atoms with Crippen molar-refractivity contribution in [3.05, 3.63) is 88.8 Å². The summed E-state index contributed by atoms with van der Waals surface area (Å²) < 4.78 is 83.0. The third-order valence-corrected chi connectivity index (χ3v) is 6.66. The van der Waals surface area contributed by atoms with Gasteiger partial charge in [0.15, 0.2) is 34.8 Å². The van der Waals surface area contributed by atoms with E-state index >= 15 is 0 Å². The lowest BCUT2D eigenvalue weighted by Gasteiger charge is -2.23. The molecule has 4 rings (SSSR count). The Morgan fingerprint density at radius 3 is 2.24 bits per heavy atom. The van der Waals surface area contributed by atoms with E-state index in [1.54, 1.807) is 12.1 Å². The van der Waals surface area contributed by atoms with Gasteiger partial charge in [-0.25, -0.2) is 17.6 Å². The van der Waals surface area contributed by atoms with E-state index in [0.717, 1.165) is 24.5 Å². The molecule has 1 unspecified atom stereocenters. The standard InChI is InChI=1S/C30H29F5O2/c1-3-4-15-36-26-14-12-23(29(34)30(26)35)21-10-13-25(24(31)16-21)37-17-19-6-8-20(9-7-19)22-11-5-18(2)27(32)28(22)33/h5,8,10-14,16,19H,3-4,6-7,9,15,17H2,1-2H3. The molecule has 0 saturated heterocycles. The molecule has 0 fully saturated rings. The zero-order chi connectivity index (χ0) is 26.5. The van der Waals surface area contributed by atoms with Crippen molar-refractivity contribution in [3.8, 4) is 22.6 Å². The highest BCUT2D eigenvalue weighted by atomic mass is 19.2. The van der Waals surface area contributed by atoms with Crippen LogP contribution in [0.15, 0.2) is 48.5 Å². The maximum atomic E-state index is 14.8. The van der Waals surface area contributed by atoms with E-state index in [0.29, 0.717) is 19.3 Å². The maximum absolute atomic E-state index is 14.8. The predicted octanol–water partition coefficient (Wildman–Crippen LogP) is 8.80. The summed E-state index contributed by atoms with van der Waals surface area (Å²) in [6.07, 6.45) is 5.27. The van der Waals surface area contributed by atoms with Crippen LogP contribution < -0.4 is 9.47 Å². The quantitative estimate of drug-likeness (QED) is 0.209. The molecular formula is C30H29F5O2. The second-order valence-corrected chi connectivity index (χ2v) is 9.33. The largest absolute Gasteiger partial charge is 0.490 e. The molecule has 37 heavy (non-hydrogen) atoms. The Kier molecular flexibility index (Phi) is 8.52. The molecule has 0 radical (unpaired) electrons. The summed E-state index contributed by atoms with van der Waals surface area (Å²) >= 11 is 0. The number of benzene rings is 3. The van der Waals surface area contributed by atoms with Gasteiger partial charge in [-0.3, -0.25) is 0 Å². The summed E-state index contributed by atoms with van der Waals surface area (Å²) in [6.45, 7) is 4.00. The van der Waals surface area contributed by atoms with Crippen LogP contribution in [0.5, 0.6) is 11.5 Å². The number of unbranched alkanes of at least 4 members (excludes halogenated alkanes) is 1. The normalized spacial score (nSPS) is 15.4. The van der Waals surface area contributed by atoms with Crippen molar-refractivity contribution in [2.75, 3.05) is 13.2 Å². The van der Waals surface area contributed by atoms with Gasteiger partial charge in [-0.15, -0.1) is 0 Å². The molecule has 1 atom stereocenters. The zero-order valence-electron chi connectivity index (χ0n) is 20.9. The van der Waals surface area contributed by atoms with Gasteiger partial charge in [-0.1, -0.05) is 37.6 Å². The number of hydrogen-bond donors (Lipinski definition) is 0. The molecule has 0 aromatic heterocycles. The van der Waals surface area contributed by atoms with Crippen LogP contribution >= 0.6 is 0 Å². The third-order valence-electron chi connectivity index (χ3n) is 6.66. The smallest absolute Gasteiger partial charge is 0.201 e. The molecule has 1 aliphatic carbocycles. The summed E-state index contributed by atoms with van der Waals surface area (Å²) in [7, 11) is 0. The van der Waals surface area contributed by atoms with Crippen molar-refractivity contribution in [1.29, 1.82) is 0 Å². The lowest BCUT2D eigenvalue weighted by atomic mass is 9.86. The molecule has 0 bridgehead atoms. The topological polar surface area (TPSA) is 18.5 Å². The molecule has 0 aliphatic heterocycles. The van der Waals surface area contributed by atoms with Crippen LogP contribution in [0.25, 0.3) is 16.7 Å². The second-order valence-electron chi connectivity index (χ2n) is 9.33. The minimum atomic E-state index is -1.10. The van der Waals surface area contributed by atoms with Crippen molar-refractivity contribution >= 4 is 5.57 Å². The number of halogens is 5. The Bertz CT molecular complexity index is 1300. The fraction of sp³-hybridized carbons (Fsp3) is 0.333. The van der Waals surface area contributed by atoms with Gasteiger partial charge in [0.25, 0.3) is 0 Å². The Morgan fingerprint density at radius 1 is 0.811 bits per heavy atom. The Balaban J connectivity index is 1.39. The van der Waals surface area contributed by atoms with Crippen molar-refractivity contribution in [2.45, 2.75) is 46.0 Å². The van der Waals surface area contributed by atoms with Gasteiger partial charge >= 0.3 is 0 Å². The van der Waals surface area contributed by atoms with E-state index in [1.165, 1.54) is 31.2 Å². The van der Waals surface area contributed by atoms with Gasteiger partial charge in [0, 0.05) is 11.1 Å². The van der Waals surface area contributed by atoms with E-state index in [1.807, 2.05) is 13.0 Å². The highest BCUT2D eigenvalue weighted by molar-refractivity contribution is 5.67. The van der Waals surface area contributed by atoms with Crippen LogP contribution in [-0.4, -0.2) is 13.2 Å². The molecule has 3 aromatic carbocycles. The number of allylic oxidation sites excluding steroid dienone is 2. The molecular weight excluding hydrogens is 487 g/mol. The zero-order valence-corrected chi connectivity index (χ0v) is 20.9. The second kappa shape index (κ2) is 11.8. The maximum Gasteiger partial charge on any atom is 0.201 e. The third kappa shape index (κ3) is 5.97. The van der Waals surface area contributed by atoms with Crippen molar-refractivity contribution in [3.63, 3.8) is 0 Å². The highest BCUT2D eigenvalue weighted by Crippen LogP contribution is 2.35. The van der Waals surface area contributed by atoms with Crippen LogP contribution in [0, 0.1) is 41.9 Å². The van der Waals surface area contributed by atoms with Crippen LogP contribution in [0.4, 0.5) is 22.0 Å². The Morgan fingerprint density at radius 2 is 1.54 bits per heavy atom. The van der Waals surface area contributed by atoms with Crippen LogP contribution in [0.3, 0.4) is 0 Å². The van der Waals surface area contributed by atoms with Crippen molar-refractivity contribution in [1.82, 2.24) is 0 Å². The molecule has 0 amide bonds. The first-order valence-electron chi connectivity index (χ1n) is 12.5. The van der Waals surface area contributed by atoms with E-state index in [-0.39, 0.29) is 52.9 Å². The first kappa shape index (κ1) is 26.7. The van der Waals surface area contributed by atoms with Gasteiger partial charge in [0.1, 0.15) is 0 Å². The minimum absolute atomic E-state index is 0.00516.